The quantitative estimate of drug-likeness (QED) is 0.842. The zero-order valence-electron chi connectivity index (χ0n) is 13.6. The van der Waals surface area contributed by atoms with Crippen molar-refractivity contribution in [1.82, 2.24) is 0 Å². The van der Waals surface area contributed by atoms with Crippen molar-refractivity contribution in [2.24, 2.45) is 46.7 Å². The molecular formula is C19H29NO2. The summed E-state index contributed by atoms with van der Waals surface area (Å²) in [6, 6.07) is -0.322. The van der Waals surface area contributed by atoms with E-state index in [1.165, 1.54) is 19.3 Å². The van der Waals surface area contributed by atoms with Crippen LogP contribution in [0, 0.1) is 40.9 Å². The molecule has 7 atom stereocenters. The Balaban J connectivity index is 1.43. The van der Waals surface area contributed by atoms with Crippen LogP contribution in [0.3, 0.4) is 0 Å². The van der Waals surface area contributed by atoms with Crippen molar-refractivity contribution in [1.29, 1.82) is 0 Å². The first-order valence-electron chi connectivity index (χ1n) is 9.41. The van der Waals surface area contributed by atoms with Gasteiger partial charge in [-0.25, -0.2) is 0 Å². The highest BCUT2D eigenvalue weighted by atomic mass is 16.3. The number of hydrogen-bond donors (Lipinski definition) is 2. The molecule has 4 bridgehead atoms. The highest BCUT2D eigenvalue weighted by Gasteiger charge is 2.62. The average Bonchev–Trinajstić information content (AvgIpc) is 3.06. The average molecular weight is 303 g/mol. The predicted octanol–water partition coefficient (Wildman–Crippen LogP) is 2.51. The molecule has 122 valence electrons. The summed E-state index contributed by atoms with van der Waals surface area (Å²) in [5, 5.41) is 10.9. The summed E-state index contributed by atoms with van der Waals surface area (Å²) < 4.78 is 0. The third-order valence-electron chi connectivity index (χ3n) is 8.10. The third kappa shape index (κ3) is 1.78. The van der Waals surface area contributed by atoms with E-state index in [-0.39, 0.29) is 17.4 Å². The number of nitrogens with two attached hydrogens (primary N) is 1. The maximum absolute atomic E-state index is 13.2. The van der Waals surface area contributed by atoms with Crippen molar-refractivity contribution < 1.29 is 9.90 Å². The Morgan fingerprint density at radius 2 is 1.82 bits per heavy atom. The maximum Gasteiger partial charge on any atom is 0.153 e. The third-order valence-corrected chi connectivity index (χ3v) is 8.10. The Morgan fingerprint density at radius 3 is 2.36 bits per heavy atom. The maximum atomic E-state index is 13.2. The molecule has 0 aromatic carbocycles. The van der Waals surface area contributed by atoms with Crippen LogP contribution in [0.25, 0.3) is 0 Å². The van der Waals surface area contributed by atoms with Gasteiger partial charge in [0.05, 0.1) is 11.6 Å². The van der Waals surface area contributed by atoms with Crippen LogP contribution in [-0.2, 0) is 4.79 Å². The van der Waals surface area contributed by atoms with Crippen LogP contribution in [0.1, 0.15) is 58.3 Å². The molecule has 6 rings (SSSR count). The fourth-order valence-electron chi connectivity index (χ4n) is 7.68. The Hall–Kier alpha value is -0.410. The van der Waals surface area contributed by atoms with E-state index in [0.29, 0.717) is 29.5 Å². The molecule has 3 heteroatoms. The number of Topliss-reactive ketones (excluding diaryl/α,β-unsaturated/α-hetero) is 1. The van der Waals surface area contributed by atoms with Crippen molar-refractivity contribution >= 4 is 5.78 Å². The fourth-order valence-corrected chi connectivity index (χ4v) is 7.68. The largest absolute Gasteiger partial charge is 0.390 e. The molecule has 6 aliphatic carbocycles. The molecule has 6 saturated carbocycles. The minimum absolute atomic E-state index is 0.0807. The van der Waals surface area contributed by atoms with Crippen LogP contribution in [0.4, 0.5) is 0 Å². The van der Waals surface area contributed by atoms with Gasteiger partial charge >= 0.3 is 0 Å². The van der Waals surface area contributed by atoms with Gasteiger partial charge in [0, 0.05) is 5.92 Å². The van der Waals surface area contributed by atoms with E-state index in [4.69, 9.17) is 5.73 Å². The second-order valence-electron chi connectivity index (χ2n) is 9.83. The second kappa shape index (κ2) is 4.16. The van der Waals surface area contributed by atoms with Gasteiger partial charge in [-0.2, -0.15) is 0 Å². The van der Waals surface area contributed by atoms with Crippen molar-refractivity contribution in [3.05, 3.63) is 0 Å². The number of rotatable bonds is 3. The molecule has 0 spiro atoms. The Morgan fingerprint density at radius 1 is 1.14 bits per heavy atom. The van der Waals surface area contributed by atoms with Gasteiger partial charge in [-0.3, -0.25) is 4.79 Å². The summed E-state index contributed by atoms with van der Waals surface area (Å²) in [5.74, 6) is 3.78. The summed E-state index contributed by atoms with van der Waals surface area (Å²) >= 11 is 0. The van der Waals surface area contributed by atoms with E-state index in [1.807, 2.05) is 0 Å². The predicted molar refractivity (Wildman–Crippen MR) is 83.9 cm³/mol. The summed E-state index contributed by atoms with van der Waals surface area (Å²) in [6.07, 6.45) is 8.63. The number of carbonyl (C=O) groups excluding carboxylic acids is 1. The highest BCUT2D eigenvalue weighted by molar-refractivity contribution is 5.88. The lowest BCUT2D eigenvalue weighted by Gasteiger charge is -2.61. The van der Waals surface area contributed by atoms with Gasteiger partial charge in [0.15, 0.2) is 5.78 Å². The van der Waals surface area contributed by atoms with Gasteiger partial charge in [0.1, 0.15) is 0 Å². The molecule has 0 aromatic rings. The Bertz CT molecular complexity index is 514. The monoisotopic (exact) mass is 303 g/mol. The van der Waals surface area contributed by atoms with E-state index in [0.717, 1.165) is 38.0 Å². The lowest BCUT2D eigenvalue weighted by Crippen LogP contribution is -2.63. The van der Waals surface area contributed by atoms with E-state index in [9.17, 15) is 9.90 Å². The zero-order valence-corrected chi connectivity index (χ0v) is 13.6. The van der Waals surface area contributed by atoms with Gasteiger partial charge in [0.25, 0.3) is 0 Å². The molecule has 0 radical (unpaired) electrons. The molecule has 6 fully saturated rings. The summed E-state index contributed by atoms with van der Waals surface area (Å²) in [4.78, 5) is 13.2. The SMILES string of the molecule is C[C@@H]1C[C@@H]2CC2C1C(=O)C(N)C12CC3CC(CC(O)(C3)C1)C2. The van der Waals surface area contributed by atoms with E-state index >= 15 is 0 Å². The zero-order chi connectivity index (χ0) is 15.3. The van der Waals surface area contributed by atoms with Gasteiger partial charge in [-0.1, -0.05) is 6.92 Å². The molecule has 0 heterocycles. The van der Waals surface area contributed by atoms with Crippen molar-refractivity contribution in [3.8, 4) is 0 Å². The topological polar surface area (TPSA) is 63.3 Å². The molecule has 22 heavy (non-hydrogen) atoms. The minimum atomic E-state index is -0.509. The first-order valence-corrected chi connectivity index (χ1v) is 9.41. The first kappa shape index (κ1) is 14.0. The summed E-state index contributed by atoms with van der Waals surface area (Å²) in [7, 11) is 0. The van der Waals surface area contributed by atoms with Crippen LogP contribution in [0.15, 0.2) is 0 Å². The molecule has 5 unspecified atom stereocenters. The van der Waals surface area contributed by atoms with Gasteiger partial charge in [-0.15, -0.1) is 0 Å². The molecular weight excluding hydrogens is 274 g/mol. The lowest BCUT2D eigenvalue weighted by molar-refractivity contribution is -0.174. The number of fused-ring (bicyclic) bond motifs is 1. The molecule has 0 aliphatic heterocycles. The van der Waals surface area contributed by atoms with Crippen LogP contribution >= 0.6 is 0 Å². The van der Waals surface area contributed by atoms with Gasteiger partial charge in [0.2, 0.25) is 0 Å². The minimum Gasteiger partial charge on any atom is -0.390 e. The van der Waals surface area contributed by atoms with E-state index in [2.05, 4.69) is 6.92 Å². The van der Waals surface area contributed by atoms with Crippen LogP contribution in [-0.4, -0.2) is 22.5 Å². The van der Waals surface area contributed by atoms with Crippen LogP contribution in [0.5, 0.6) is 0 Å². The molecule has 0 aromatic heterocycles. The van der Waals surface area contributed by atoms with Gasteiger partial charge < -0.3 is 10.8 Å². The highest BCUT2D eigenvalue weighted by Crippen LogP contribution is 2.64. The Kier molecular flexibility index (Phi) is 2.64. The number of hydrogen-bond acceptors (Lipinski definition) is 3. The smallest absolute Gasteiger partial charge is 0.153 e. The normalized spacial score (nSPS) is 59.4. The molecule has 0 saturated heterocycles. The second-order valence-corrected chi connectivity index (χ2v) is 9.83. The summed E-state index contributed by atoms with van der Waals surface area (Å²) in [5.41, 5.74) is 6.05. The molecule has 3 nitrogen and oxygen atoms in total. The first-order chi connectivity index (χ1) is 10.4. The molecule has 3 N–H and O–H groups in total. The molecule has 6 aliphatic rings. The van der Waals surface area contributed by atoms with Crippen molar-refractivity contribution in [2.75, 3.05) is 0 Å². The number of ketones is 1. The van der Waals surface area contributed by atoms with E-state index < -0.39 is 5.60 Å². The molecule has 0 amide bonds. The fraction of sp³-hybridized carbons (Fsp3) is 0.947. The number of aliphatic hydroxyl groups is 1. The van der Waals surface area contributed by atoms with Crippen LogP contribution in [0.2, 0.25) is 0 Å². The Labute approximate surface area is 133 Å². The van der Waals surface area contributed by atoms with E-state index in [1.54, 1.807) is 0 Å². The van der Waals surface area contributed by atoms with Gasteiger partial charge in [-0.05, 0) is 86.4 Å². The lowest BCUT2D eigenvalue weighted by atomic mass is 9.45. The standard InChI is InChI=1S/C19H29NO2/c1-10-2-13-4-14(13)15(10)16(21)17(20)18-5-11-3-12(6-18)8-19(22,7-11)9-18/h10-15,17,22H,2-9,20H2,1H3/t10-,11?,12?,13-,14?,15?,17?,18?,19?/m1/s1. The summed E-state index contributed by atoms with van der Waals surface area (Å²) in [6.45, 7) is 2.24. The number of carbonyl (C=O) groups is 1. The van der Waals surface area contributed by atoms with Crippen LogP contribution < -0.4 is 5.73 Å². The van der Waals surface area contributed by atoms with Crippen molar-refractivity contribution in [2.45, 2.75) is 69.9 Å². The van der Waals surface area contributed by atoms with Crippen molar-refractivity contribution in [3.63, 3.8) is 0 Å².